The van der Waals surface area contributed by atoms with E-state index in [2.05, 4.69) is 17.3 Å². The monoisotopic (exact) mass is 423 g/mol. The normalized spacial score (nSPS) is 27.0. The average molecular weight is 424 g/mol. The lowest BCUT2D eigenvalue weighted by Gasteiger charge is -2.14. The number of carbonyl (C=O) groups is 2. The molecule has 2 aromatic rings. The number of benzene rings is 1. The molecular formula is C23H22ClN3O3. The number of hydrogen-bond donors (Lipinski definition) is 0. The number of aromatic nitrogens is 1. The van der Waals surface area contributed by atoms with Gasteiger partial charge in [0.1, 0.15) is 5.75 Å². The fourth-order valence-electron chi connectivity index (χ4n) is 5.25. The molecular weight excluding hydrogens is 402 g/mol. The zero-order valence-electron chi connectivity index (χ0n) is 17.0. The largest absolute Gasteiger partial charge is 0.495 e. The number of aryl methyl sites for hydroxylation is 1. The van der Waals surface area contributed by atoms with Crippen molar-refractivity contribution in [2.24, 2.45) is 28.8 Å². The Morgan fingerprint density at radius 2 is 1.77 bits per heavy atom. The lowest BCUT2D eigenvalue weighted by atomic mass is 9.85. The van der Waals surface area contributed by atoms with Gasteiger partial charge in [-0.15, -0.1) is 0 Å². The van der Waals surface area contributed by atoms with Gasteiger partial charge in [-0.25, -0.2) is 0 Å². The fraction of sp³-hybridized carbons (Fsp3) is 0.348. The number of carbonyl (C=O) groups excluding carboxylic acids is 2. The Hall–Kier alpha value is -2.86. The number of allylic oxidation sites excluding steroid dienone is 2. The van der Waals surface area contributed by atoms with Crippen LogP contribution in [0.4, 0.5) is 0 Å². The van der Waals surface area contributed by atoms with Gasteiger partial charge in [0.25, 0.3) is 11.8 Å². The number of methoxy groups -OCH3 is 1. The summed E-state index contributed by atoms with van der Waals surface area (Å²) in [6.45, 7) is 3.94. The van der Waals surface area contributed by atoms with Gasteiger partial charge >= 0.3 is 0 Å². The van der Waals surface area contributed by atoms with Crippen LogP contribution in [0.2, 0.25) is 5.02 Å². The van der Waals surface area contributed by atoms with E-state index in [0.29, 0.717) is 10.8 Å². The maximum Gasteiger partial charge on any atom is 0.254 e. The lowest BCUT2D eigenvalue weighted by Crippen LogP contribution is -2.28. The molecule has 1 saturated carbocycles. The van der Waals surface area contributed by atoms with Crippen LogP contribution in [0.25, 0.3) is 5.69 Å². The minimum atomic E-state index is -0.243. The third-order valence-corrected chi connectivity index (χ3v) is 6.85. The van der Waals surface area contributed by atoms with Gasteiger partial charge in [0.15, 0.2) is 0 Å². The van der Waals surface area contributed by atoms with Crippen molar-refractivity contribution in [3.8, 4) is 11.4 Å². The Labute approximate surface area is 179 Å². The quantitative estimate of drug-likeness (QED) is 0.425. The molecule has 1 aromatic carbocycles. The van der Waals surface area contributed by atoms with Crippen LogP contribution in [-0.2, 0) is 9.59 Å². The summed E-state index contributed by atoms with van der Waals surface area (Å²) in [5.74, 6) is 0.215. The van der Waals surface area contributed by atoms with Crippen molar-refractivity contribution in [2.45, 2.75) is 20.3 Å². The number of imide groups is 1. The molecule has 1 saturated heterocycles. The highest BCUT2D eigenvalue weighted by molar-refractivity contribution is 6.30. The molecule has 0 radical (unpaired) electrons. The molecule has 2 bridgehead atoms. The van der Waals surface area contributed by atoms with Gasteiger partial charge in [-0.3, -0.25) is 9.59 Å². The second kappa shape index (κ2) is 6.84. The number of halogens is 1. The Bertz CT molecular complexity index is 1100. The van der Waals surface area contributed by atoms with Gasteiger partial charge in [0.2, 0.25) is 0 Å². The summed E-state index contributed by atoms with van der Waals surface area (Å²) in [7, 11) is 1.62. The maximum absolute atomic E-state index is 12.8. The van der Waals surface area contributed by atoms with E-state index < -0.39 is 0 Å². The topological polar surface area (TPSA) is 63.9 Å². The number of rotatable bonds is 4. The van der Waals surface area contributed by atoms with E-state index in [1.165, 1.54) is 0 Å². The second-order valence-electron chi connectivity index (χ2n) is 8.21. The first-order valence-corrected chi connectivity index (χ1v) is 10.4. The molecule has 2 aliphatic carbocycles. The van der Waals surface area contributed by atoms with Crippen molar-refractivity contribution in [1.29, 1.82) is 0 Å². The highest BCUT2D eigenvalue weighted by atomic mass is 35.5. The van der Waals surface area contributed by atoms with E-state index in [-0.39, 0.29) is 35.5 Å². The van der Waals surface area contributed by atoms with Gasteiger partial charge < -0.3 is 9.30 Å². The number of amides is 2. The number of nitrogens with zero attached hydrogens (tertiary/aromatic N) is 3. The van der Waals surface area contributed by atoms with E-state index >= 15 is 0 Å². The van der Waals surface area contributed by atoms with E-state index in [1.54, 1.807) is 19.4 Å². The van der Waals surface area contributed by atoms with Crippen molar-refractivity contribution in [2.75, 3.05) is 7.11 Å². The van der Waals surface area contributed by atoms with E-state index in [0.717, 1.165) is 34.1 Å². The molecule has 1 aromatic heterocycles. The molecule has 5 rings (SSSR count). The van der Waals surface area contributed by atoms with Crippen molar-refractivity contribution < 1.29 is 14.3 Å². The first-order valence-electron chi connectivity index (χ1n) is 10.0. The van der Waals surface area contributed by atoms with Gasteiger partial charge in [-0.1, -0.05) is 23.8 Å². The first kappa shape index (κ1) is 19.1. The molecule has 0 spiro atoms. The Balaban J connectivity index is 1.47. The van der Waals surface area contributed by atoms with Crippen LogP contribution in [0.1, 0.15) is 23.4 Å². The van der Waals surface area contributed by atoms with Crippen molar-refractivity contribution >= 4 is 29.6 Å². The molecule has 7 heteroatoms. The smallest absolute Gasteiger partial charge is 0.254 e. The van der Waals surface area contributed by atoms with E-state index in [1.807, 2.05) is 36.6 Å². The van der Waals surface area contributed by atoms with Crippen LogP contribution in [0.5, 0.6) is 5.75 Å². The molecule has 2 heterocycles. The summed E-state index contributed by atoms with van der Waals surface area (Å²) >= 11 is 6.21. The van der Waals surface area contributed by atoms with Gasteiger partial charge in [-0.2, -0.15) is 10.1 Å². The third-order valence-electron chi connectivity index (χ3n) is 6.61. The highest BCUT2D eigenvalue weighted by Gasteiger charge is 2.59. The van der Waals surface area contributed by atoms with Crippen molar-refractivity contribution in [3.63, 3.8) is 0 Å². The van der Waals surface area contributed by atoms with Crippen LogP contribution in [-0.4, -0.2) is 34.7 Å². The Morgan fingerprint density at radius 3 is 2.40 bits per heavy atom. The predicted octanol–water partition coefficient (Wildman–Crippen LogP) is 3.90. The summed E-state index contributed by atoms with van der Waals surface area (Å²) in [5.41, 5.74) is 3.53. The summed E-state index contributed by atoms with van der Waals surface area (Å²) in [6, 6.07) is 7.42. The van der Waals surface area contributed by atoms with Crippen LogP contribution in [0.15, 0.2) is 41.5 Å². The van der Waals surface area contributed by atoms with Crippen LogP contribution in [0.3, 0.4) is 0 Å². The number of fused-ring (bicyclic) bond motifs is 5. The summed E-state index contributed by atoms with van der Waals surface area (Å²) in [4.78, 5) is 25.7. The SMILES string of the molecule is COc1ccc(Cl)cc1-n1c(C)cc(C=NN2C(=O)[C@@H]3[C@H](C2=O)[C@H]2C=C[C@H]3C2)c1C. The minimum absolute atomic E-state index is 0.177. The molecule has 2 amide bonds. The molecule has 30 heavy (non-hydrogen) atoms. The molecule has 6 nitrogen and oxygen atoms in total. The summed E-state index contributed by atoms with van der Waals surface area (Å²) < 4.78 is 7.52. The Kier molecular flexibility index (Phi) is 4.36. The van der Waals surface area contributed by atoms with Crippen LogP contribution < -0.4 is 4.74 Å². The fourth-order valence-corrected chi connectivity index (χ4v) is 5.41. The van der Waals surface area contributed by atoms with E-state index in [4.69, 9.17) is 16.3 Å². The zero-order valence-corrected chi connectivity index (χ0v) is 17.8. The Morgan fingerprint density at radius 1 is 1.10 bits per heavy atom. The van der Waals surface area contributed by atoms with Crippen molar-refractivity contribution in [1.82, 2.24) is 9.58 Å². The molecule has 4 atom stereocenters. The first-order chi connectivity index (χ1) is 14.4. The number of hydrazone groups is 1. The van der Waals surface area contributed by atoms with Gasteiger partial charge in [0, 0.05) is 22.0 Å². The molecule has 0 N–H and O–H groups in total. The molecule has 1 aliphatic heterocycles. The molecule has 2 fully saturated rings. The predicted molar refractivity (Wildman–Crippen MR) is 114 cm³/mol. The average Bonchev–Trinajstić information content (AvgIpc) is 3.45. The van der Waals surface area contributed by atoms with Crippen LogP contribution in [0, 0.1) is 37.5 Å². The number of hydrogen-bond acceptors (Lipinski definition) is 4. The second-order valence-corrected chi connectivity index (χ2v) is 8.65. The lowest BCUT2D eigenvalue weighted by molar-refractivity contribution is -0.140. The van der Waals surface area contributed by atoms with Crippen molar-refractivity contribution in [3.05, 3.63) is 58.4 Å². The van der Waals surface area contributed by atoms with E-state index in [9.17, 15) is 9.59 Å². The molecule has 154 valence electrons. The summed E-state index contributed by atoms with van der Waals surface area (Å²) in [6.07, 6.45) is 6.67. The highest BCUT2D eigenvalue weighted by Crippen LogP contribution is 2.52. The van der Waals surface area contributed by atoms with Gasteiger partial charge in [0.05, 0.1) is 30.8 Å². The molecule has 3 aliphatic rings. The van der Waals surface area contributed by atoms with Gasteiger partial charge in [-0.05, 0) is 56.4 Å². The number of ether oxygens (including phenoxy) is 1. The third kappa shape index (κ3) is 2.67. The standard InChI is InChI=1S/C23H22ClN3O3/c1-12-8-16(13(2)26(12)18-10-17(24)6-7-19(18)30-3)11-25-27-22(28)20-14-4-5-15(9-14)21(20)23(27)29/h4-8,10-11,14-15,20-21H,9H2,1-3H3/t14-,15-,20-,21+/m0/s1. The molecule has 0 unspecified atom stereocenters. The summed E-state index contributed by atoms with van der Waals surface area (Å²) in [5, 5.41) is 6.00. The van der Waals surface area contributed by atoms with Crippen LogP contribution >= 0.6 is 11.6 Å². The minimum Gasteiger partial charge on any atom is -0.495 e. The zero-order chi connectivity index (χ0) is 21.2. The maximum atomic E-state index is 12.8.